The lowest BCUT2D eigenvalue weighted by Crippen LogP contribution is -2.36. The van der Waals surface area contributed by atoms with Gasteiger partial charge in [0.1, 0.15) is 5.69 Å². The van der Waals surface area contributed by atoms with Gasteiger partial charge in [0.2, 0.25) is 0 Å². The van der Waals surface area contributed by atoms with Crippen molar-refractivity contribution < 1.29 is 13.9 Å². The zero-order valence-corrected chi connectivity index (χ0v) is 12.8. The van der Waals surface area contributed by atoms with E-state index in [9.17, 15) is 13.9 Å². The summed E-state index contributed by atoms with van der Waals surface area (Å²) < 4.78 is 30.9. The molecule has 0 saturated heterocycles. The maximum atomic E-state index is 14.7. The van der Waals surface area contributed by atoms with Gasteiger partial charge in [-0.05, 0) is 26.3 Å². The minimum atomic E-state index is -2.93. The van der Waals surface area contributed by atoms with Crippen LogP contribution in [0.1, 0.15) is 43.6 Å². The molecule has 0 bridgehead atoms. The summed E-state index contributed by atoms with van der Waals surface area (Å²) in [5.41, 5.74) is 1.58. The Morgan fingerprint density at radius 2 is 2.05 bits per heavy atom. The van der Waals surface area contributed by atoms with Gasteiger partial charge < -0.3 is 5.11 Å². The summed E-state index contributed by atoms with van der Waals surface area (Å²) in [4.78, 5) is 2.10. The lowest BCUT2D eigenvalue weighted by atomic mass is 9.89. The minimum absolute atomic E-state index is 0.0787. The molecule has 6 heteroatoms. The second-order valence-corrected chi connectivity index (χ2v) is 6.71. The summed E-state index contributed by atoms with van der Waals surface area (Å²) in [5.74, 6) is -3.33. The number of aliphatic hydroxyl groups is 1. The maximum Gasteiger partial charge on any atom is 0.290 e. The highest BCUT2D eigenvalue weighted by molar-refractivity contribution is 5.32. The topological polar surface area (TPSA) is 41.3 Å². The number of fused-ring (bicyclic) bond motifs is 3. The monoisotopic (exact) mass is 299 g/mol. The number of aromatic nitrogens is 2. The molecule has 1 aromatic rings. The van der Waals surface area contributed by atoms with Crippen LogP contribution in [0, 0.1) is 5.92 Å². The summed E-state index contributed by atoms with van der Waals surface area (Å²) in [6.45, 7) is 4.68. The smallest absolute Gasteiger partial charge is 0.290 e. The Balaban J connectivity index is 2.07. The number of aryl methyl sites for hydroxylation is 1. The SMILES string of the molecule is CC1CC(F)(F)c2c3c(nn2CC[C@@H]1O)C[C@@H](C)N(C)C3. The number of aliphatic hydroxyl groups excluding tert-OH is 1. The Labute approximate surface area is 123 Å². The number of alkyl halides is 2. The van der Waals surface area contributed by atoms with Crippen molar-refractivity contribution in [1.82, 2.24) is 14.7 Å². The summed E-state index contributed by atoms with van der Waals surface area (Å²) >= 11 is 0. The average Bonchev–Trinajstić information content (AvgIpc) is 2.73. The molecular weight excluding hydrogens is 276 g/mol. The molecular formula is C15H23F2N3O. The Kier molecular flexibility index (Phi) is 3.56. The summed E-state index contributed by atoms with van der Waals surface area (Å²) in [7, 11) is 1.96. The standard InChI is InChI=1S/C15H23F2N3O/c1-9-7-15(16,17)14-11-8-19(3)10(2)6-12(11)18-20(14)5-4-13(9)21/h9-10,13,21H,4-8H2,1-3H3/t9?,10-,13+/m1/s1. The van der Waals surface area contributed by atoms with E-state index >= 15 is 0 Å². The highest BCUT2D eigenvalue weighted by atomic mass is 19.3. The van der Waals surface area contributed by atoms with Crippen LogP contribution in [0.15, 0.2) is 0 Å². The average molecular weight is 299 g/mol. The molecule has 118 valence electrons. The highest BCUT2D eigenvalue weighted by Crippen LogP contribution is 2.42. The molecule has 21 heavy (non-hydrogen) atoms. The second kappa shape index (κ2) is 5.02. The molecule has 3 atom stereocenters. The number of rotatable bonds is 0. The Morgan fingerprint density at radius 1 is 1.33 bits per heavy atom. The molecule has 0 saturated carbocycles. The predicted molar refractivity (Wildman–Crippen MR) is 75.2 cm³/mol. The first-order valence-electron chi connectivity index (χ1n) is 7.64. The van der Waals surface area contributed by atoms with Crippen molar-refractivity contribution in [1.29, 1.82) is 0 Å². The third kappa shape index (κ3) is 2.48. The van der Waals surface area contributed by atoms with E-state index in [1.807, 2.05) is 7.05 Å². The van der Waals surface area contributed by atoms with Crippen molar-refractivity contribution in [3.8, 4) is 0 Å². The van der Waals surface area contributed by atoms with Gasteiger partial charge in [0.15, 0.2) is 0 Å². The number of likely N-dealkylation sites (N-methyl/N-ethyl adjacent to an activating group) is 1. The first kappa shape index (κ1) is 14.9. The molecule has 1 unspecified atom stereocenters. The molecule has 0 spiro atoms. The highest BCUT2D eigenvalue weighted by Gasteiger charge is 2.44. The summed E-state index contributed by atoms with van der Waals surface area (Å²) in [6, 6.07) is 0.317. The van der Waals surface area contributed by atoms with Crippen molar-refractivity contribution in [2.75, 3.05) is 7.05 Å². The van der Waals surface area contributed by atoms with Crippen LogP contribution in [0.4, 0.5) is 8.78 Å². The van der Waals surface area contributed by atoms with Crippen molar-refractivity contribution in [2.24, 2.45) is 5.92 Å². The van der Waals surface area contributed by atoms with Crippen LogP contribution in [-0.2, 0) is 25.4 Å². The molecule has 0 amide bonds. The van der Waals surface area contributed by atoms with E-state index in [1.54, 1.807) is 6.92 Å². The summed E-state index contributed by atoms with van der Waals surface area (Å²) in [5, 5.41) is 14.4. The van der Waals surface area contributed by atoms with Gasteiger partial charge in [-0.1, -0.05) is 6.92 Å². The maximum absolute atomic E-state index is 14.7. The van der Waals surface area contributed by atoms with Gasteiger partial charge in [0.25, 0.3) is 5.92 Å². The number of hydrogen-bond donors (Lipinski definition) is 1. The first-order valence-corrected chi connectivity index (χ1v) is 7.64. The Morgan fingerprint density at radius 3 is 2.76 bits per heavy atom. The molecule has 1 aromatic heterocycles. The molecule has 0 aromatic carbocycles. The fraction of sp³-hybridized carbons (Fsp3) is 0.800. The van der Waals surface area contributed by atoms with E-state index in [4.69, 9.17) is 0 Å². The van der Waals surface area contributed by atoms with E-state index in [-0.39, 0.29) is 12.1 Å². The van der Waals surface area contributed by atoms with Crippen LogP contribution in [0.25, 0.3) is 0 Å². The van der Waals surface area contributed by atoms with Gasteiger partial charge in [-0.2, -0.15) is 13.9 Å². The van der Waals surface area contributed by atoms with E-state index in [0.717, 1.165) is 5.69 Å². The number of nitrogens with zero attached hydrogens (tertiary/aromatic N) is 3. The van der Waals surface area contributed by atoms with Gasteiger partial charge in [0.05, 0.1) is 11.8 Å². The number of halogens is 2. The van der Waals surface area contributed by atoms with Crippen LogP contribution < -0.4 is 0 Å². The fourth-order valence-electron chi connectivity index (χ4n) is 3.47. The quantitative estimate of drug-likeness (QED) is 0.798. The predicted octanol–water partition coefficient (Wildman–Crippen LogP) is 2.14. The molecule has 0 fully saturated rings. The normalized spacial score (nSPS) is 33.0. The van der Waals surface area contributed by atoms with Crippen LogP contribution >= 0.6 is 0 Å². The van der Waals surface area contributed by atoms with Crippen LogP contribution in [0.2, 0.25) is 0 Å². The van der Waals surface area contributed by atoms with E-state index in [1.165, 1.54) is 4.68 Å². The van der Waals surface area contributed by atoms with Crippen LogP contribution in [0.5, 0.6) is 0 Å². The van der Waals surface area contributed by atoms with Crippen molar-refractivity contribution >= 4 is 0 Å². The lowest BCUT2D eigenvalue weighted by molar-refractivity contribution is -0.0631. The van der Waals surface area contributed by atoms with E-state index in [0.29, 0.717) is 37.5 Å². The van der Waals surface area contributed by atoms with Gasteiger partial charge in [-0.25, -0.2) is 0 Å². The molecule has 3 heterocycles. The molecule has 3 rings (SSSR count). The Hall–Kier alpha value is -1.01. The molecule has 2 aliphatic rings. The zero-order chi connectivity index (χ0) is 15.4. The molecule has 1 N–H and O–H groups in total. The van der Waals surface area contributed by atoms with Gasteiger partial charge in [0, 0.05) is 37.5 Å². The molecule has 0 aliphatic carbocycles. The minimum Gasteiger partial charge on any atom is -0.393 e. The molecule has 0 radical (unpaired) electrons. The first-order chi connectivity index (χ1) is 9.79. The third-order valence-electron chi connectivity index (χ3n) is 5.00. The van der Waals surface area contributed by atoms with Gasteiger partial charge in [-0.15, -0.1) is 0 Å². The summed E-state index contributed by atoms with van der Waals surface area (Å²) in [6.07, 6.45) is 0.189. The second-order valence-electron chi connectivity index (χ2n) is 6.71. The van der Waals surface area contributed by atoms with Gasteiger partial charge >= 0.3 is 0 Å². The molecule has 2 aliphatic heterocycles. The number of hydrogen-bond acceptors (Lipinski definition) is 3. The Bertz CT molecular complexity index is 543. The van der Waals surface area contributed by atoms with E-state index < -0.39 is 17.9 Å². The van der Waals surface area contributed by atoms with Gasteiger partial charge in [-0.3, -0.25) is 9.58 Å². The zero-order valence-electron chi connectivity index (χ0n) is 12.8. The van der Waals surface area contributed by atoms with Crippen molar-refractivity contribution in [3.05, 3.63) is 17.0 Å². The molecule has 4 nitrogen and oxygen atoms in total. The van der Waals surface area contributed by atoms with Crippen molar-refractivity contribution in [2.45, 2.75) is 64.3 Å². The van der Waals surface area contributed by atoms with Crippen molar-refractivity contribution in [3.63, 3.8) is 0 Å². The van der Waals surface area contributed by atoms with Crippen LogP contribution in [-0.4, -0.2) is 39.0 Å². The van der Waals surface area contributed by atoms with Crippen LogP contribution in [0.3, 0.4) is 0 Å². The largest absolute Gasteiger partial charge is 0.393 e. The van der Waals surface area contributed by atoms with E-state index in [2.05, 4.69) is 16.9 Å². The lowest BCUT2D eigenvalue weighted by Gasteiger charge is -2.32. The fourth-order valence-corrected chi connectivity index (χ4v) is 3.47. The third-order valence-corrected chi connectivity index (χ3v) is 5.00.